The zero-order valence-electron chi connectivity index (χ0n) is 9.56. The quantitative estimate of drug-likeness (QED) is 0.855. The Morgan fingerprint density at radius 3 is 2.71 bits per heavy atom. The summed E-state index contributed by atoms with van der Waals surface area (Å²) in [6.07, 6.45) is 0.666. The minimum atomic E-state index is -3.52. The minimum Gasteiger partial charge on any atom is -0.326 e. The standard InChI is InChI=1S/C11H15FN2O2S/c1-8-6-10(2-3-11(8)12)17(15,16)14-5-4-9(13)7-14/h2-3,6,9H,4-5,7,13H2,1H3/t9-/m0/s1. The van der Waals surface area contributed by atoms with Crippen LogP contribution in [0, 0.1) is 12.7 Å². The van der Waals surface area contributed by atoms with E-state index in [1.165, 1.54) is 22.5 Å². The van der Waals surface area contributed by atoms with Crippen molar-refractivity contribution in [2.45, 2.75) is 24.3 Å². The van der Waals surface area contributed by atoms with E-state index in [4.69, 9.17) is 5.73 Å². The highest BCUT2D eigenvalue weighted by Gasteiger charge is 2.30. The van der Waals surface area contributed by atoms with Crippen molar-refractivity contribution in [2.24, 2.45) is 5.73 Å². The van der Waals surface area contributed by atoms with E-state index in [1.807, 2.05) is 0 Å². The smallest absolute Gasteiger partial charge is 0.243 e. The Bertz CT molecular complexity index is 530. The van der Waals surface area contributed by atoms with Gasteiger partial charge in [-0.15, -0.1) is 0 Å². The van der Waals surface area contributed by atoms with Gasteiger partial charge in [-0.3, -0.25) is 0 Å². The van der Waals surface area contributed by atoms with E-state index in [0.29, 0.717) is 25.1 Å². The normalized spacial score (nSPS) is 21.9. The highest BCUT2D eigenvalue weighted by atomic mass is 32.2. The topological polar surface area (TPSA) is 63.4 Å². The van der Waals surface area contributed by atoms with Gasteiger partial charge in [-0.2, -0.15) is 4.31 Å². The lowest BCUT2D eigenvalue weighted by molar-refractivity contribution is 0.472. The fourth-order valence-corrected chi connectivity index (χ4v) is 3.50. The number of hydrogen-bond acceptors (Lipinski definition) is 3. The molecule has 0 bridgehead atoms. The number of hydrogen-bond donors (Lipinski definition) is 1. The van der Waals surface area contributed by atoms with Crippen LogP contribution in [0.5, 0.6) is 0 Å². The van der Waals surface area contributed by atoms with Crippen LogP contribution in [0.3, 0.4) is 0 Å². The summed E-state index contributed by atoms with van der Waals surface area (Å²) in [7, 11) is -3.52. The van der Waals surface area contributed by atoms with Crippen molar-refractivity contribution < 1.29 is 12.8 Å². The van der Waals surface area contributed by atoms with Crippen LogP contribution in [0.4, 0.5) is 4.39 Å². The Balaban J connectivity index is 2.35. The summed E-state index contributed by atoms with van der Waals surface area (Å²) in [5, 5.41) is 0. The number of rotatable bonds is 2. The molecule has 0 aromatic heterocycles. The van der Waals surface area contributed by atoms with Crippen molar-refractivity contribution in [3.8, 4) is 0 Å². The molecule has 1 saturated heterocycles. The first-order valence-electron chi connectivity index (χ1n) is 5.43. The van der Waals surface area contributed by atoms with Crippen LogP contribution in [0.15, 0.2) is 23.1 Å². The fraction of sp³-hybridized carbons (Fsp3) is 0.455. The van der Waals surface area contributed by atoms with Gasteiger partial charge < -0.3 is 5.73 Å². The maximum absolute atomic E-state index is 13.1. The van der Waals surface area contributed by atoms with Gasteiger partial charge in [0.1, 0.15) is 5.82 Å². The van der Waals surface area contributed by atoms with E-state index in [1.54, 1.807) is 6.92 Å². The molecule has 1 aromatic carbocycles. The molecule has 17 heavy (non-hydrogen) atoms. The van der Waals surface area contributed by atoms with Crippen LogP contribution in [-0.2, 0) is 10.0 Å². The average Bonchev–Trinajstić information content (AvgIpc) is 2.69. The lowest BCUT2D eigenvalue weighted by Crippen LogP contribution is -2.32. The first-order chi connectivity index (χ1) is 7.91. The summed E-state index contributed by atoms with van der Waals surface area (Å²) in [4.78, 5) is 0.130. The second kappa shape index (κ2) is 4.36. The Labute approximate surface area is 100 Å². The molecule has 0 aliphatic carbocycles. The number of nitrogens with two attached hydrogens (primary N) is 1. The molecular formula is C11H15FN2O2S. The molecule has 2 N–H and O–H groups in total. The van der Waals surface area contributed by atoms with Crippen molar-refractivity contribution in [2.75, 3.05) is 13.1 Å². The van der Waals surface area contributed by atoms with E-state index >= 15 is 0 Å². The monoisotopic (exact) mass is 258 g/mol. The largest absolute Gasteiger partial charge is 0.326 e. The Morgan fingerprint density at radius 2 is 2.18 bits per heavy atom. The summed E-state index contributed by atoms with van der Waals surface area (Å²) >= 11 is 0. The lowest BCUT2D eigenvalue weighted by Gasteiger charge is -2.16. The third kappa shape index (κ3) is 2.34. The summed E-state index contributed by atoms with van der Waals surface area (Å²) in [5.41, 5.74) is 6.02. The second-order valence-corrected chi connectivity index (χ2v) is 6.26. The molecule has 2 rings (SSSR count). The van der Waals surface area contributed by atoms with E-state index in [-0.39, 0.29) is 10.9 Å². The highest BCUT2D eigenvalue weighted by molar-refractivity contribution is 7.89. The predicted octanol–water partition coefficient (Wildman–Crippen LogP) is 0.856. The van der Waals surface area contributed by atoms with E-state index in [0.717, 1.165) is 0 Å². The summed E-state index contributed by atoms with van der Waals surface area (Å²) < 4.78 is 38.8. The Morgan fingerprint density at radius 1 is 1.47 bits per heavy atom. The molecule has 0 saturated carbocycles. The first kappa shape index (κ1) is 12.5. The van der Waals surface area contributed by atoms with Gasteiger partial charge in [0.2, 0.25) is 10.0 Å². The lowest BCUT2D eigenvalue weighted by atomic mass is 10.2. The highest BCUT2D eigenvalue weighted by Crippen LogP contribution is 2.22. The van der Waals surface area contributed by atoms with Crippen LogP contribution < -0.4 is 5.73 Å². The van der Waals surface area contributed by atoms with Crippen LogP contribution in [0.25, 0.3) is 0 Å². The predicted molar refractivity (Wildman–Crippen MR) is 62.5 cm³/mol. The molecule has 0 spiro atoms. The Hall–Kier alpha value is -0.980. The zero-order valence-corrected chi connectivity index (χ0v) is 10.4. The van der Waals surface area contributed by atoms with Crippen LogP contribution in [-0.4, -0.2) is 31.9 Å². The van der Waals surface area contributed by atoms with Crippen LogP contribution in [0.2, 0.25) is 0 Å². The van der Waals surface area contributed by atoms with Gasteiger partial charge in [-0.1, -0.05) is 0 Å². The summed E-state index contributed by atoms with van der Waals surface area (Å²) in [5.74, 6) is -0.401. The molecule has 1 fully saturated rings. The number of halogens is 1. The number of aryl methyl sites for hydroxylation is 1. The second-order valence-electron chi connectivity index (χ2n) is 4.32. The van der Waals surface area contributed by atoms with Gasteiger partial charge in [-0.25, -0.2) is 12.8 Å². The molecule has 94 valence electrons. The molecular weight excluding hydrogens is 243 g/mol. The molecule has 1 aliphatic heterocycles. The molecule has 1 atom stereocenters. The molecule has 0 unspecified atom stereocenters. The van der Waals surface area contributed by atoms with E-state index < -0.39 is 15.8 Å². The Kier molecular flexibility index (Phi) is 3.20. The molecule has 1 aromatic rings. The van der Waals surface area contributed by atoms with Gasteiger partial charge in [0.15, 0.2) is 0 Å². The van der Waals surface area contributed by atoms with Gasteiger partial charge in [-0.05, 0) is 37.1 Å². The SMILES string of the molecule is Cc1cc(S(=O)(=O)N2CC[C@H](N)C2)ccc1F. The van der Waals surface area contributed by atoms with Crippen molar-refractivity contribution in [3.05, 3.63) is 29.6 Å². The third-order valence-electron chi connectivity index (χ3n) is 2.95. The van der Waals surface area contributed by atoms with Gasteiger partial charge >= 0.3 is 0 Å². The van der Waals surface area contributed by atoms with Gasteiger partial charge in [0.05, 0.1) is 4.90 Å². The zero-order chi connectivity index (χ0) is 12.6. The van der Waals surface area contributed by atoms with Crippen LogP contribution >= 0.6 is 0 Å². The van der Waals surface area contributed by atoms with Crippen molar-refractivity contribution in [3.63, 3.8) is 0 Å². The molecule has 1 heterocycles. The fourth-order valence-electron chi connectivity index (χ4n) is 1.90. The third-order valence-corrected chi connectivity index (χ3v) is 4.82. The number of sulfonamides is 1. The number of nitrogens with zero attached hydrogens (tertiary/aromatic N) is 1. The summed E-state index contributed by atoms with van der Waals surface area (Å²) in [6, 6.07) is 3.72. The van der Waals surface area contributed by atoms with Crippen LogP contribution in [0.1, 0.15) is 12.0 Å². The van der Waals surface area contributed by atoms with Crippen molar-refractivity contribution in [1.29, 1.82) is 0 Å². The van der Waals surface area contributed by atoms with Gasteiger partial charge in [0, 0.05) is 19.1 Å². The summed E-state index contributed by atoms with van der Waals surface area (Å²) in [6.45, 7) is 2.31. The molecule has 0 amide bonds. The maximum atomic E-state index is 13.1. The van der Waals surface area contributed by atoms with E-state index in [2.05, 4.69) is 0 Å². The van der Waals surface area contributed by atoms with E-state index in [9.17, 15) is 12.8 Å². The first-order valence-corrected chi connectivity index (χ1v) is 6.87. The molecule has 4 nitrogen and oxygen atoms in total. The number of benzene rings is 1. The minimum absolute atomic E-state index is 0.105. The van der Waals surface area contributed by atoms with Gasteiger partial charge in [0.25, 0.3) is 0 Å². The van der Waals surface area contributed by atoms with Crippen molar-refractivity contribution in [1.82, 2.24) is 4.31 Å². The average molecular weight is 258 g/mol. The van der Waals surface area contributed by atoms with Crippen molar-refractivity contribution >= 4 is 10.0 Å². The molecule has 0 radical (unpaired) electrons. The molecule has 1 aliphatic rings. The molecule has 6 heteroatoms. The maximum Gasteiger partial charge on any atom is 0.243 e.